The van der Waals surface area contributed by atoms with Crippen LogP contribution in [0.3, 0.4) is 0 Å². The Bertz CT molecular complexity index is 954. The Morgan fingerprint density at radius 1 is 1.05 bits per heavy atom. The van der Waals surface area contributed by atoms with Crippen LogP contribution in [-0.4, -0.2) is 19.0 Å². The van der Waals surface area contributed by atoms with Gasteiger partial charge in [-0.25, -0.2) is 9.36 Å². The predicted octanol–water partition coefficient (Wildman–Crippen LogP) is 4.16. The average Bonchev–Trinajstić information content (AvgIpc) is 3.11. The quantitative estimate of drug-likeness (QED) is 0.605. The van der Waals surface area contributed by atoms with Crippen molar-refractivity contribution in [2.45, 2.75) is 6.92 Å². The van der Waals surface area contributed by atoms with Crippen molar-refractivity contribution < 1.29 is 5.11 Å². The maximum absolute atomic E-state index is 9.53. The van der Waals surface area contributed by atoms with Crippen molar-refractivity contribution in [3.05, 3.63) is 60.3 Å². The summed E-state index contributed by atoms with van der Waals surface area (Å²) in [6.07, 6.45) is 1.86. The maximum Gasteiger partial charge on any atom is 0.157 e. The molecular formula is C17H13N3OS. The van der Waals surface area contributed by atoms with Crippen LogP contribution in [0.4, 0.5) is 0 Å². The van der Waals surface area contributed by atoms with Crippen molar-refractivity contribution in [2.75, 3.05) is 0 Å². The molecule has 0 saturated heterocycles. The smallest absolute Gasteiger partial charge is 0.157 e. The normalized spacial score (nSPS) is 11.1. The molecule has 0 aliphatic carbocycles. The van der Waals surface area contributed by atoms with Gasteiger partial charge in [-0.15, -0.1) is 0 Å². The Balaban J connectivity index is 2.06. The van der Waals surface area contributed by atoms with E-state index < -0.39 is 0 Å². The topological polar surface area (TPSA) is 50.9 Å². The Kier molecular flexibility index (Phi) is 2.94. The molecule has 0 atom stereocenters. The standard InChI is InChI=1S/C17H13N3OS/c1-11-10-18-22-16(11)17-19-14-4-2-3-5-15(14)20(17)12-6-8-13(21)9-7-12/h2-10,21H,1H3. The van der Waals surface area contributed by atoms with Gasteiger partial charge in [-0.3, -0.25) is 4.57 Å². The minimum Gasteiger partial charge on any atom is -0.508 e. The number of phenols is 1. The van der Waals surface area contributed by atoms with E-state index in [2.05, 4.69) is 15.0 Å². The molecule has 2 aromatic carbocycles. The van der Waals surface area contributed by atoms with Crippen molar-refractivity contribution in [2.24, 2.45) is 0 Å². The van der Waals surface area contributed by atoms with Gasteiger partial charge in [0.15, 0.2) is 5.82 Å². The summed E-state index contributed by atoms with van der Waals surface area (Å²) >= 11 is 1.45. The van der Waals surface area contributed by atoms with E-state index in [4.69, 9.17) is 4.98 Å². The lowest BCUT2D eigenvalue weighted by atomic mass is 10.2. The third kappa shape index (κ3) is 1.98. The minimum absolute atomic E-state index is 0.253. The van der Waals surface area contributed by atoms with E-state index in [9.17, 15) is 5.11 Å². The lowest BCUT2D eigenvalue weighted by Gasteiger charge is -2.08. The van der Waals surface area contributed by atoms with Gasteiger partial charge >= 0.3 is 0 Å². The zero-order valence-electron chi connectivity index (χ0n) is 11.9. The van der Waals surface area contributed by atoms with E-state index in [-0.39, 0.29) is 5.75 Å². The number of hydrogen-bond acceptors (Lipinski definition) is 4. The molecule has 5 heteroatoms. The Morgan fingerprint density at radius 3 is 2.55 bits per heavy atom. The zero-order chi connectivity index (χ0) is 15.1. The Hall–Kier alpha value is -2.66. The number of benzene rings is 2. The lowest BCUT2D eigenvalue weighted by Crippen LogP contribution is -1.96. The van der Waals surface area contributed by atoms with Gasteiger partial charge in [-0.1, -0.05) is 12.1 Å². The molecule has 4 nitrogen and oxygen atoms in total. The SMILES string of the molecule is Cc1cnsc1-c1nc2ccccc2n1-c1ccc(O)cc1. The second-order valence-corrected chi connectivity index (χ2v) is 5.92. The molecule has 0 radical (unpaired) electrons. The van der Waals surface area contributed by atoms with E-state index >= 15 is 0 Å². The van der Waals surface area contributed by atoms with Gasteiger partial charge < -0.3 is 5.11 Å². The van der Waals surface area contributed by atoms with Crippen LogP contribution in [0.5, 0.6) is 5.75 Å². The fourth-order valence-electron chi connectivity index (χ4n) is 2.55. The van der Waals surface area contributed by atoms with Crippen LogP contribution in [0.15, 0.2) is 54.7 Å². The van der Waals surface area contributed by atoms with Crippen molar-refractivity contribution in [1.29, 1.82) is 0 Å². The molecule has 0 bridgehead atoms. The van der Waals surface area contributed by atoms with Crippen molar-refractivity contribution in [3.8, 4) is 22.1 Å². The van der Waals surface area contributed by atoms with E-state index in [1.165, 1.54) is 11.5 Å². The first-order valence-corrected chi connectivity index (χ1v) is 7.70. The largest absolute Gasteiger partial charge is 0.508 e. The van der Waals surface area contributed by atoms with Gasteiger partial charge in [0.25, 0.3) is 0 Å². The van der Waals surface area contributed by atoms with Gasteiger partial charge in [-0.2, -0.15) is 0 Å². The first kappa shape index (κ1) is 13.0. The molecule has 0 amide bonds. The number of fused-ring (bicyclic) bond motifs is 1. The molecule has 1 N–H and O–H groups in total. The number of aromatic nitrogens is 3. The van der Waals surface area contributed by atoms with Crippen LogP contribution >= 0.6 is 11.5 Å². The Morgan fingerprint density at radius 2 is 1.82 bits per heavy atom. The van der Waals surface area contributed by atoms with Gasteiger partial charge in [-0.05, 0) is 60.4 Å². The second-order valence-electron chi connectivity index (χ2n) is 5.11. The first-order chi connectivity index (χ1) is 10.7. The summed E-state index contributed by atoms with van der Waals surface area (Å²) in [7, 11) is 0. The van der Waals surface area contributed by atoms with E-state index in [1.54, 1.807) is 12.1 Å². The van der Waals surface area contributed by atoms with Crippen LogP contribution in [0.2, 0.25) is 0 Å². The van der Waals surface area contributed by atoms with Crippen LogP contribution in [0, 0.1) is 6.92 Å². The summed E-state index contributed by atoms with van der Waals surface area (Å²) in [5, 5.41) is 9.53. The lowest BCUT2D eigenvalue weighted by molar-refractivity contribution is 0.475. The summed E-state index contributed by atoms with van der Waals surface area (Å²) in [4.78, 5) is 5.85. The van der Waals surface area contributed by atoms with E-state index in [1.807, 2.05) is 43.5 Å². The van der Waals surface area contributed by atoms with Crippen molar-refractivity contribution >= 4 is 22.6 Å². The molecule has 0 fully saturated rings. The van der Waals surface area contributed by atoms with Gasteiger partial charge in [0.1, 0.15) is 5.75 Å². The highest BCUT2D eigenvalue weighted by molar-refractivity contribution is 7.09. The van der Waals surface area contributed by atoms with Crippen LogP contribution in [0.1, 0.15) is 5.56 Å². The molecule has 0 saturated carbocycles. The first-order valence-electron chi connectivity index (χ1n) is 6.92. The van der Waals surface area contributed by atoms with Gasteiger partial charge in [0.2, 0.25) is 0 Å². The monoisotopic (exact) mass is 307 g/mol. The molecule has 0 spiro atoms. The number of hydrogen-bond donors (Lipinski definition) is 1. The molecule has 4 aromatic rings. The van der Waals surface area contributed by atoms with E-state index in [0.717, 1.165) is 33.0 Å². The molecule has 108 valence electrons. The third-order valence-electron chi connectivity index (χ3n) is 3.62. The summed E-state index contributed by atoms with van der Waals surface area (Å²) in [6.45, 7) is 2.04. The van der Waals surface area contributed by atoms with Crippen LogP contribution in [0.25, 0.3) is 27.4 Å². The van der Waals surface area contributed by atoms with Crippen LogP contribution < -0.4 is 0 Å². The maximum atomic E-state index is 9.53. The molecule has 4 rings (SSSR count). The highest BCUT2D eigenvalue weighted by Crippen LogP contribution is 2.32. The summed E-state index contributed by atoms with van der Waals surface area (Å²) in [5.41, 5.74) is 4.06. The van der Waals surface area contributed by atoms with Gasteiger partial charge in [0, 0.05) is 11.9 Å². The highest BCUT2D eigenvalue weighted by atomic mass is 32.1. The number of aryl methyl sites for hydroxylation is 1. The van der Waals surface area contributed by atoms with Crippen LogP contribution in [-0.2, 0) is 0 Å². The highest BCUT2D eigenvalue weighted by Gasteiger charge is 2.17. The predicted molar refractivity (Wildman–Crippen MR) is 88.6 cm³/mol. The summed E-state index contributed by atoms with van der Waals surface area (Å²) < 4.78 is 6.37. The van der Waals surface area contributed by atoms with Crippen molar-refractivity contribution in [3.63, 3.8) is 0 Å². The summed E-state index contributed by atoms with van der Waals surface area (Å²) in [5.74, 6) is 1.13. The number of imidazole rings is 1. The molecular weight excluding hydrogens is 294 g/mol. The minimum atomic E-state index is 0.253. The second kappa shape index (κ2) is 4.96. The summed E-state index contributed by atoms with van der Waals surface area (Å²) in [6, 6.07) is 15.2. The molecule has 2 heterocycles. The fraction of sp³-hybridized carbons (Fsp3) is 0.0588. The molecule has 0 aliphatic heterocycles. The van der Waals surface area contributed by atoms with E-state index in [0.29, 0.717) is 0 Å². The molecule has 2 aromatic heterocycles. The van der Waals surface area contributed by atoms with Gasteiger partial charge in [0.05, 0.1) is 15.9 Å². The third-order valence-corrected chi connectivity index (χ3v) is 4.52. The number of rotatable bonds is 2. The van der Waals surface area contributed by atoms with Crippen molar-refractivity contribution in [1.82, 2.24) is 13.9 Å². The molecule has 0 unspecified atom stereocenters. The number of phenolic OH excluding ortho intramolecular Hbond substituents is 1. The number of aromatic hydroxyl groups is 1. The zero-order valence-corrected chi connectivity index (χ0v) is 12.7. The Labute approximate surface area is 131 Å². The number of para-hydroxylation sites is 2. The average molecular weight is 307 g/mol. The fourth-order valence-corrected chi connectivity index (χ4v) is 3.28. The molecule has 22 heavy (non-hydrogen) atoms. The molecule has 0 aliphatic rings. The number of nitrogens with zero attached hydrogens (tertiary/aromatic N) is 3.